The van der Waals surface area contributed by atoms with Crippen LogP contribution in [0.25, 0.3) is 0 Å². The normalized spacial score (nSPS) is 11.4. The SMILES string of the molecule is Cc1cc(NS(=O)(=O)CCCCO)ccn1. The van der Waals surface area contributed by atoms with Gasteiger partial charge in [-0.3, -0.25) is 9.71 Å². The highest BCUT2D eigenvalue weighted by Gasteiger charge is 2.09. The average Bonchev–Trinajstić information content (AvgIpc) is 2.17. The summed E-state index contributed by atoms with van der Waals surface area (Å²) in [4.78, 5) is 3.98. The van der Waals surface area contributed by atoms with E-state index in [1.165, 1.54) is 0 Å². The second-order valence-electron chi connectivity index (χ2n) is 3.54. The minimum Gasteiger partial charge on any atom is -0.396 e. The summed E-state index contributed by atoms with van der Waals surface area (Å²) in [7, 11) is -3.31. The second kappa shape index (κ2) is 5.81. The van der Waals surface area contributed by atoms with Gasteiger partial charge in [0.1, 0.15) is 0 Å². The van der Waals surface area contributed by atoms with Crippen molar-refractivity contribution in [3.8, 4) is 0 Å². The van der Waals surface area contributed by atoms with E-state index in [1.807, 2.05) is 0 Å². The third kappa shape index (κ3) is 4.59. The summed E-state index contributed by atoms with van der Waals surface area (Å²) in [6, 6.07) is 3.28. The lowest BCUT2D eigenvalue weighted by Crippen LogP contribution is -2.17. The Morgan fingerprint density at radius 2 is 2.19 bits per heavy atom. The Morgan fingerprint density at radius 1 is 1.44 bits per heavy atom. The Balaban J connectivity index is 2.59. The number of hydrogen-bond donors (Lipinski definition) is 2. The first kappa shape index (κ1) is 12.9. The molecule has 1 rings (SSSR count). The molecular weight excluding hydrogens is 228 g/mol. The Bertz CT molecular complexity index is 431. The van der Waals surface area contributed by atoms with Gasteiger partial charge in [-0.25, -0.2) is 8.42 Å². The number of aliphatic hydroxyl groups is 1. The number of aromatic nitrogens is 1. The highest BCUT2D eigenvalue weighted by molar-refractivity contribution is 7.92. The van der Waals surface area contributed by atoms with Gasteiger partial charge in [0, 0.05) is 18.5 Å². The molecule has 0 unspecified atom stereocenters. The van der Waals surface area contributed by atoms with E-state index in [-0.39, 0.29) is 12.4 Å². The van der Waals surface area contributed by atoms with Crippen molar-refractivity contribution in [2.45, 2.75) is 19.8 Å². The standard InChI is InChI=1S/C10H16N2O3S/c1-9-8-10(4-5-11-9)12-16(14,15)7-3-2-6-13/h4-5,8,13H,2-3,6-7H2,1H3,(H,11,12). The molecule has 0 aliphatic rings. The minimum atomic E-state index is -3.31. The second-order valence-corrected chi connectivity index (χ2v) is 5.38. The van der Waals surface area contributed by atoms with Gasteiger partial charge < -0.3 is 5.11 Å². The highest BCUT2D eigenvalue weighted by Crippen LogP contribution is 2.10. The monoisotopic (exact) mass is 244 g/mol. The zero-order valence-electron chi connectivity index (χ0n) is 9.18. The van der Waals surface area contributed by atoms with Crippen LogP contribution in [-0.2, 0) is 10.0 Å². The molecule has 16 heavy (non-hydrogen) atoms. The van der Waals surface area contributed by atoms with Gasteiger partial charge in [0.25, 0.3) is 0 Å². The molecule has 0 aliphatic heterocycles. The van der Waals surface area contributed by atoms with Crippen LogP contribution in [0.3, 0.4) is 0 Å². The third-order valence-corrected chi connectivity index (χ3v) is 3.36. The Kier molecular flexibility index (Phi) is 4.70. The van der Waals surface area contributed by atoms with E-state index in [2.05, 4.69) is 9.71 Å². The van der Waals surface area contributed by atoms with Crippen LogP contribution in [0.1, 0.15) is 18.5 Å². The summed E-state index contributed by atoms with van der Waals surface area (Å²) in [5.41, 5.74) is 1.28. The zero-order chi connectivity index (χ0) is 12.0. The number of sulfonamides is 1. The van der Waals surface area contributed by atoms with Crippen molar-refractivity contribution in [2.24, 2.45) is 0 Å². The fourth-order valence-corrected chi connectivity index (χ4v) is 2.42. The zero-order valence-corrected chi connectivity index (χ0v) is 10.00. The van der Waals surface area contributed by atoms with Crippen molar-refractivity contribution in [3.05, 3.63) is 24.0 Å². The van der Waals surface area contributed by atoms with E-state index in [0.29, 0.717) is 18.5 Å². The number of rotatable bonds is 6. The summed E-state index contributed by atoms with van der Waals surface area (Å²) < 4.78 is 25.6. The van der Waals surface area contributed by atoms with Gasteiger partial charge in [0.05, 0.1) is 11.4 Å². The molecule has 0 bridgehead atoms. The first-order valence-corrected chi connectivity index (χ1v) is 6.73. The van der Waals surface area contributed by atoms with Crippen molar-refractivity contribution in [2.75, 3.05) is 17.1 Å². The van der Waals surface area contributed by atoms with Crippen molar-refractivity contribution < 1.29 is 13.5 Å². The van der Waals surface area contributed by atoms with Crippen LogP contribution in [0.4, 0.5) is 5.69 Å². The maximum absolute atomic E-state index is 11.6. The van der Waals surface area contributed by atoms with Gasteiger partial charge >= 0.3 is 0 Å². The third-order valence-electron chi connectivity index (χ3n) is 1.99. The first-order chi connectivity index (χ1) is 7.53. The predicted molar refractivity (Wildman–Crippen MR) is 62.7 cm³/mol. The van der Waals surface area contributed by atoms with Gasteiger partial charge in [0.15, 0.2) is 0 Å². The quantitative estimate of drug-likeness (QED) is 0.729. The molecule has 0 saturated carbocycles. The lowest BCUT2D eigenvalue weighted by atomic mass is 10.3. The number of aryl methyl sites for hydroxylation is 1. The average molecular weight is 244 g/mol. The molecular formula is C10H16N2O3S. The van der Waals surface area contributed by atoms with E-state index < -0.39 is 10.0 Å². The maximum Gasteiger partial charge on any atom is 0.232 e. The molecule has 0 fully saturated rings. The molecule has 0 spiro atoms. The smallest absolute Gasteiger partial charge is 0.232 e. The van der Waals surface area contributed by atoms with Gasteiger partial charge in [-0.2, -0.15) is 0 Å². The fraction of sp³-hybridized carbons (Fsp3) is 0.500. The number of nitrogens with one attached hydrogen (secondary N) is 1. The van der Waals surface area contributed by atoms with Gasteiger partial charge in [-0.15, -0.1) is 0 Å². The topological polar surface area (TPSA) is 79.3 Å². The van der Waals surface area contributed by atoms with Crippen LogP contribution in [0.15, 0.2) is 18.3 Å². The molecule has 0 radical (unpaired) electrons. The van der Waals surface area contributed by atoms with E-state index in [4.69, 9.17) is 5.11 Å². The summed E-state index contributed by atoms with van der Waals surface area (Å²) in [5.74, 6) is 0.0227. The van der Waals surface area contributed by atoms with Crippen LogP contribution in [0, 0.1) is 6.92 Å². The van der Waals surface area contributed by atoms with Crippen LogP contribution in [0.2, 0.25) is 0 Å². The highest BCUT2D eigenvalue weighted by atomic mass is 32.2. The number of pyridine rings is 1. The molecule has 90 valence electrons. The Hall–Kier alpha value is -1.14. The van der Waals surface area contributed by atoms with E-state index in [0.717, 1.165) is 5.69 Å². The van der Waals surface area contributed by atoms with E-state index in [1.54, 1.807) is 25.3 Å². The van der Waals surface area contributed by atoms with Gasteiger partial charge in [-0.1, -0.05) is 0 Å². The number of unbranched alkanes of at least 4 members (excludes halogenated alkanes) is 1. The molecule has 5 nitrogen and oxygen atoms in total. The molecule has 1 heterocycles. The largest absolute Gasteiger partial charge is 0.396 e. The first-order valence-electron chi connectivity index (χ1n) is 5.07. The van der Waals surface area contributed by atoms with Crippen LogP contribution < -0.4 is 4.72 Å². The Labute approximate surface area is 95.6 Å². The van der Waals surface area contributed by atoms with Crippen LogP contribution in [0.5, 0.6) is 0 Å². The Morgan fingerprint density at radius 3 is 2.81 bits per heavy atom. The van der Waals surface area contributed by atoms with Crippen molar-refractivity contribution in [3.63, 3.8) is 0 Å². The lowest BCUT2D eigenvalue weighted by Gasteiger charge is -2.07. The molecule has 1 aromatic rings. The molecule has 6 heteroatoms. The molecule has 0 aromatic carbocycles. The van der Waals surface area contributed by atoms with E-state index >= 15 is 0 Å². The molecule has 0 amide bonds. The maximum atomic E-state index is 11.6. The summed E-state index contributed by atoms with van der Waals surface area (Å²) >= 11 is 0. The summed E-state index contributed by atoms with van der Waals surface area (Å²) in [5, 5.41) is 8.57. The van der Waals surface area contributed by atoms with Gasteiger partial charge in [0.2, 0.25) is 10.0 Å². The van der Waals surface area contributed by atoms with Gasteiger partial charge in [-0.05, 0) is 31.9 Å². The number of anilines is 1. The number of aliphatic hydroxyl groups excluding tert-OH is 1. The summed E-state index contributed by atoms with van der Waals surface area (Å²) in [6.07, 6.45) is 2.51. The molecule has 2 N–H and O–H groups in total. The molecule has 0 saturated heterocycles. The molecule has 0 aliphatic carbocycles. The van der Waals surface area contributed by atoms with E-state index in [9.17, 15) is 8.42 Å². The lowest BCUT2D eigenvalue weighted by molar-refractivity contribution is 0.287. The van der Waals surface area contributed by atoms with Crippen LogP contribution >= 0.6 is 0 Å². The fourth-order valence-electron chi connectivity index (χ4n) is 1.24. The van der Waals surface area contributed by atoms with Crippen molar-refractivity contribution in [1.29, 1.82) is 0 Å². The molecule has 1 aromatic heterocycles. The summed E-state index contributed by atoms with van der Waals surface area (Å²) in [6.45, 7) is 1.81. The number of nitrogens with zero attached hydrogens (tertiary/aromatic N) is 1. The number of hydrogen-bond acceptors (Lipinski definition) is 4. The minimum absolute atomic E-state index is 0.0177. The predicted octanol–water partition coefficient (Wildman–Crippen LogP) is 0.904. The van der Waals surface area contributed by atoms with Crippen LogP contribution in [-0.4, -0.2) is 30.9 Å². The molecule has 0 atom stereocenters. The van der Waals surface area contributed by atoms with Crippen molar-refractivity contribution in [1.82, 2.24) is 4.98 Å². The van der Waals surface area contributed by atoms with Crippen molar-refractivity contribution >= 4 is 15.7 Å².